The van der Waals surface area contributed by atoms with Gasteiger partial charge in [0.25, 0.3) is 0 Å². The van der Waals surface area contributed by atoms with Gasteiger partial charge in [-0.25, -0.2) is 4.98 Å². The molecular formula is C23H25N3. The van der Waals surface area contributed by atoms with Crippen molar-refractivity contribution >= 4 is 11.0 Å². The van der Waals surface area contributed by atoms with Crippen LogP contribution in [0.1, 0.15) is 49.5 Å². The molecule has 4 aliphatic rings. The number of hydrogen-bond acceptors (Lipinski definition) is 2. The zero-order chi connectivity index (χ0) is 17.3. The van der Waals surface area contributed by atoms with Crippen molar-refractivity contribution in [2.45, 2.75) is 44.9 Å². The normalized spacial score (nSPS) is 32.4. The number of H-pyrrole nitrogens is 1. The van der Waals surface area contributed by atoms with Crippen LogP contribution in [0.4, 0.5) is 0 Å². The van der Waals surface area contributed by atoms with E-state index >= 15 is 0 Å². The van der Waals surface area contributed by atoms with Crippen molar-refractivity contribution in [3.63, 3.8) is 0 Å². The number of aryl methyl sites for hydroxylation is 1. The summed E-state index contributed by atoms with van der Waals surface area (Å²) >= 11 is 0. The summed E-state index contributed by atoms with van der Waals surface area (Å²) in [6.45, 7) is 2.04. The van der Waals surface area contributed by atoms with E-state index in [9.17, 15) is 0 Å². The predicted molar refractivity (Wildman–Crippen MR) is 104 cm³/mol. The SMILES string of the molecule is Cc1cc(-c2ccc3[nH]c(C4C5CC6CC(C5)CC4C6)nc3c2)ccn1. The molecule has 132 valence electrons. The number of pyridine rings is 1. The molecule has 26 heavy (non-hydrogen) atoms. The Kier molecular flexibility index (Phi) is 3.12. The molecule has 0 aliphatic heterocycles. The molecule has 4 fully saturated rings. The van der Waals surface area contributed by atoms with Crippen LogP contribution in [-0.2, 0) is 0 Å². The van der Waals surface area contributed by atoms with Gasteiger partial charge in [0.1, 0.15) is 5.82 Å². The largest absolute Gasteiger partial charge is 0.342 e. The van der Waals surface area contributed by atoms with E-state index in [4.69, 9.17) is 4.98 Å². The van der Waals surface area contributed by atoms with Crippen LogP contribution in [0.5, 0.6) is 0 Å². The fraction of sp³-hybridized carbons (Fsp3) is 0.478. The van der Waals surface area contributed by atoms with Gasteiger partial charge in [0.15, 0.2) is 0 Å². The lowest BCUT2D eigenvalue weighted by Gasteiger charge is -2.53. The van der Waals surface area contributed by atoms with Gasteiger partial charge < -0.3 is 4.98 Å². The summed E-state index contributed by atoms with van der Waals surface area (Å²) in [7, 11) is 0. The van der Waals surface area contributed by atoms with Crippen LogP contribution in [0.25, 0.3) is 22.2 Å². The molecule has 3 nitrogen and oxygen atoms in total. The second-order valence-electron chi connectivity index (χ2n) is 9.00. The molecule has 0 atom stereocenters. The van der Waals surface area contributed by atoms with Gasteiger partial charge in [-0.05, 0) is 98.1 Å². The van der Waals surface area contributed by atoms with E-state index in [1.54, 1.807) is 0 Å². The highest BCUT2D eigenvalue weighted by molar-refractivity contribution is 5.82. The molecule has 0 unspecified atom stereocenters. The summed E-state index contributed by atoms with van der Waals surface area (Å²) in [5.41, 5.74) is 5.80. The number of nitrogens with zero attached hydrogens (tertiary/aromatic N) is 2. The van der Waals surface area contributed by atoms with Gasteiger partial charge in [-0.15, -0.1) is 0 Å². The third kappa shape index (κ3) is 2.26. The number of aromatic amines is 1. The molecule has 0 saturated heterocycles. The molecule has 2 heterocycles. The van der Waals surface area contributed by atoms with E-state index in [0.29, 0.717) is 5.92 Å². The van der Waals surface area contributed by atoms with Crippen LogP contribution in [0, 0.1) is 30.6 Å². The molecule has 2 aromatic heterocycles. The summed E-state index contributed by atoms with van der Waals surface area (Å²) in [4.78, 5) is 13.1. The monoisotopic (exact) mass is 343 g/mol. The summed E-state index contributed by atoms with van der Waals surface area (Å²) in [5.74, 6) is 5.70. The number of benzene rings is 1. The Bertz CT molecular complexity index is 958. The average molecular weight is 343 g/mol. The minimum atomic E-state index is 0.668. The maximum absolute atomic E-state index is 5.10. The zero-order valence-corrected chi connectivity index (χ0v) is 15.3. The van der Waals surface area contributed by atoms with Gasteiger partial charge in [-0.3, -0.25) is 4.98 Å². The van der Waals surface area contributed by atoms with E-state index in [0.717, 1.165) is 34.9 Å². The highest BCUT2D eigenvalue weighted by atomic mass is 14.9. The van der Waals surface area contributed by atoms with Gasteiger partial charge in [0.2, 0.25) is 0 Å². The lowest BCUT2D eigenvalue weighted by Crippen LogP contribution is -2.44. The summed E-state index contributed by atoms with van der Waals surface area (Å²) < 4.78 is 0. The van der Waals surface area contributed by atoms with Crippen LogP contribution in [0.15, 0.2) is 36.5 Å². The maximum Gasteiger partial charge on any atom is 0.110 e. The van der Waals surface area contributed by atoms with E-state index in [-0.39, 0.29) is 0 Å². The fourth-order valence-corrected chi connectivity index (χ4v) is 6.46. The third-order valence-corrected chi connectivity index (χ3v) is 7.27. The van der Waals surface area contributed by atoms with Crippen LogP contribution in [-0.4, -0.2) is 15.0 Å². The lowest BCUT2D eigenvalue weighted by atomic mass is 9.52. The van der Waals surface area contributed by atoms with E-state index in [2.05, 4.69) is 40.3 Å². The maximum atomic E-state index is 5.10. The molecule has 7 rings (SSSR count). The van der Waals surface area contributed by atoms with Crippen LogP contribution >= 0.6 is 0 Å². The Labute approximate surface area is 154 Å². The van der Waals surface area contributed by atoms with E-state index in [1.807, 2.05) is 13.1 Å². The minimum Gasteiger partial charge on any atom is -0.342 e. The summed E-state index contributed by atoms with van der Waals surface area (Å²) in [6, 6.07) is 10.9. The first-order valence-electron chi connectivity index (χ1n) is 10.2. The van der Waals surface area contributed by atoms with Crippen molar-refractivity contribution in [3.8, 4) is 11.1 Å². The lowest BCUT2D eigenvalue weighted by molar-refractivity contribution is -0.00528. The van der Waals surface area contributed by atoms with Crippen molar-refractivity contribution in [1.82, 2.24) is 15.0 Å². The van der Waals surface area contributed by atoms with Crippen molar-refractivity contribution in [2.75, 3.05) is 0 Å². The Hall–Kier alpha value is -2.16. The van der Waals surface area contributed by atoms with Gasteiger partial charge in [0, 0.05) is 17.8 Å². The van der Waals surface area contributed by atoms with Gasteiger partial charge in [-0.2, -0.15) is 0 Å². The Balaban J connectivity index is 1.38. The van der Waals surface area contributed by atoms with Gasteiger partial charge >= 0.3 is 0 Å². The molecule has 0 amide bonds. The number of nitrogens with one attached hydrogen (secondary N) is 1. The predicted octanol–water partition coefficient (Wildman–Crippen LogP) is 5.47. The number of fused-ring (bicyclic) bond motifs is 1. The molecule has 0 spiro atoms. The van der Waals surface area contributed by atoms with E-state index in [1.165, 1.54) is 54.6 Å². The number of aromatic nitrogens is 3. The molecule has 1 N–H and O–H groups in total. The van der Waals surface area contributed by atoms with Crippen LogP contribution < -0.4 is 0 Å². The summed E-state index contributed by atoms with van der Waals surface area (Å²) in [5, 5.41) is 0. The highest BCUT2D eigenvalue weighted by Gasteiger charge is 2.49. The number of rotatable bonds is 2. The molecule has 4 bridgehead atoms. The Morgan fingerprint density at radius 3 is 2.35 bits per heavy atom. The topological polar surface area (TPSA) is 41.6 Å². The van der Waals surface area contributed by atoms with Crippen molar-refractivity contribution in [3.05, 3.63) is 48.0 Å². The molecule has 4 aliphatic carbocycles. The number of imidazole rings is 1. The molecule has 1 aromatic carbocycles. The van der Waals surface area contributed by atoms with Gasteiger partial charge in [0.05, 0.1) is 11.0 Å². The summed E-state index contributed by atoms with van der Waals surface area (Å²) in [6.07, 6.45) is 9.16. The second-order valence-corrected chi connectivity index (χ2v) is 9.00. The van der Waals surface area contributed by atoms with Crippen LogP contribution in [0.3, 0.4) is 0 Å². The first-order valence-corrected chi connectivity index (χ1v) is 10.2. The van der Waals surface area contributed by atoms with E-state index < -0.39 is 0 Å². The van der Waals surface area contributed by atoms with Crippen LogP contribution in [0.2, 0.25) is 0 Å². The first kappa shape index (κ1) is 15.0. The molecule has 3 heteroatoms. The molecular weight excluding hydrogens is 318 g/mol. The van der Waals surface area contributed by atoms with Crippen molar-refractivity contribution in [1.29, 1.82) is 0 Å². The molecule has 4 saturated carbocycles. The highest BCUT2D eigenvalue weighted by Crippen LogP contribution is 2.59. The standard InChI is InChI=1S/C23H25N3/c1-13-6-17(4-5-24-13)16-2-3-20-21(12-16)26-23(25-20)22-18-8-14-7-15(10-18)11-19(22)9-14/h2-6,12,14-15,18-19,22H,7-11H2,1H3,(H,25,26). The smallest absolute Gasteiger partial charge is 0.110 e. The fourth-order valence-electron chi connectivity index (χ4n) is 6.46. The van der Waals surface area contributed by atoms with Crippen molar-refractivity contribution < 1.29 is 0 Å². The van der Waals surface area contributed by atoms with Crippen molar-refractivity contribution in [2.24, 2.45) is 23.7 Å². The third-order valence-electron chi connectivity index (χ3n) is 7.27. The number of hydrogen-bond donors (Lipinski definition) is 1. The first-order chi connectivity index (χ1) is 12.7. The Morgan fingerprint density at radius 1 is 0.885 bits per heavy atom. The second kappa shape index (κ2) is 5.42. The molecule has 0 radical (unpaired) electrons. The average Bonchev–Trinajstić information content (AvgIpc) is 3.03. The Morgan fingerprint density at radius 2 is 1.62 bits per heavy atom. The quantitative estimate of drug-likeness (QED) is 0.670. The minimum absolute atomic E-state index is 0.668. The molecule has 3 aromatic rings. The van der Waals surface area contributed by atoms with Gasteiger partial charge in [-0.1, -0.05) is 6.07 Å². The zero-order valence-electron chi connectivity index (χ0n) is 15.3.